The van der Waals surface area contributed by atoms with Gasteiger partial charge in [-0.3, -0.25) is 14.4 Å². The number of ether oxygens (including phenoxy) is 3. The highest BCUT2D eigenvalue weighted by molar-refractivity contribution is 7.20. The van der Waals surface area contributed by atoms with E-state index in [0.717, 1.165) is 38.1 Å². The minimum Gasteiger partial charge on any atom is -0.493 e. The third-order valence-electron chi connectivity index (χ3n) is 8.11. The molecule has 0 aliphatic carbocycles. The number of carbonyl (C=O) groups excluding carboxylic acids is 3. The number of carbonyl (C=O) groups is 3. The molecule has 2 aliphatic heterocycles. The van der Waals surface area contributed by atoms with Crippen LogP contribution < -0.4 is 24.8 Å². The van der Waals surface area contributed by atoms with Crippen LogP contribution in [0.5, 0.6) is 17.2 Å². The van der Waals surface area contributed by atoms with Crippen molar-refractivity contribution in [2.75, 3.05) is 40.5 Å². The molecule has 4 aromatic rings. The van der Waals surface area contributed by atoms with E-state index in [9.17, 15) is 14.4 Å². The van der Waals surface area contributed by atoms with Crippen LogP contribution in [0.3, 0.4) is 0 Å². The van der Waals surface area contributed by atoms with Gasteiger partial charge in [0.2, 0.25) is 11.8 Å². The molecule has 0 saturated carbocycles. The van der Waals surface area contributed by atoms with Gasteiger partial charge < -0.3 is 29.7 Å². The van der Waals surface area contributed by atoms with Gasteiger partial charge in [-0.2, -0.15) is 0 Å². The van der Waals surface area contributed by atoms with Crippen LogP contribution in [0, 0.1) is 0 Å². The SMILES string of the molecule is COc1cc2cc(c1OC)-c1ccc3c(c1)C(CCO3)NC(=O)CCN(C(=O)c1cc3ccccc3s1)CCNC(=O)CC2. The van der Waals surface area contributed by atoms with Crippen LogP contribution in [0.15, 0.2) is 60.7 Å². The van der Waals surface area contributed by atoms with Gasteiger partial charge in [-0.15, -0.1) is 11.3 Å². The predicted molar refractivity (Wildman–Crippen MR) is 170 cm³/mol. The molecule has 1 aromatic heterocycles. The van der Waals surface area contributed by atoms with Crippen molar-refractivity contribution in [1.82, 2.24) is 15.5 Å². The normalized spacial score (nSPS) is 17.5. The molecule has 2 N–H and O–H groups in total. The lowest BCUT2D eigenvalue weighted by molar-refractivity contribution is -0.123. The molecule has 1 unspecified atom stereocenters. The molecule has 44 heavy (non-hydrogen) atoms. The molecule has 3 amide bonds. The minimum absolute atomic E-state index is 0.122. The molecule has 0 fully saturated rings. The average Bonchev–Trinajstić information content (AvgIpc) is 3.48. The van der Waals surface area contributed by atoms with Gasteiger partial charge >= 0.3 is 0 Å². The van der Waals surface area contributed by atoms with E-state index in [-0.39, 0.29) is 56.2 Å². The van der Waals surface area contributed by atoms with Crippen molar-refractivity contribution in [2.45, 2.75) is 31.7 Å². The van der Waals surface area contributed by atoms with E-state index < -0.39 is 0 Å². The van der Waals surface area contributed by atoms with Crippen LogP contribution in [-0.2, 0) is 16.0 Å². The summed E-state index contributed by atoms with van der Waals surface area (Å²) in [6.07, 6.45) is 1.52. The third-order valence-corrected chi connectivity index (χ3v) is 9.22. The van der Waals surface area contributed by atoms with Gasteiger partial charge in [-0.05, 0) is 59.3 Å². The lowest BCUT2D eigenvalue weighted by Gasteiger charge is -2.28. The maximum absolute atomic E-state index is 13.6. The Morgan fingerprint density at radius 3 is 2.64 bits per heavy atom. The summed E-state index contributed by atoms with van der Waals surface area (Å²) in [5, 5.41) is 7.14. The first-order chi connectivity index (χ1) is 21.4. The lowest BCUT2D eigenvalue weighted by atomic mass is 9.93. The van der Waals surface area contributed by atoms with Crippen LogP contribution in [0.2, 0.25) is 0 Å². The number of amides is 3. The standard InChI is InChI=1S/C34H35N3O6S/c1-41-28-18-21-7-10-31(38)35-13-15-37(34(40)30-20-23-5-3-4-6-29(23)44-30)14-11-32(39)36-26-12-16-43-27-9-8-22(19-25(26)27)24(17-21)33(28)42-2/h3-6,8-9,17-20,26H,7,10-16H2,1-2H3,(H,35,38)(H,36,39). The molecule has 2 aliphatic rings. The highest BCUT2D eigenvalue weighted by atomic mass is 32.1. The molecular formula is C34H35N3O6S. The van der Waals surface area contributed by atoms with Gasteiger partial charge in [-0.25, -0.2) is 0 Å². The number of rotatable bonds is 3. The van der Waals surface area contributed by atoms with Crippen LogP contribution in [0.1, 0.15) is 46.1 Å². The summed E-state index contributed by atoms with van der Waals surface area (Å²) in [6, 6.07) is 19.3. The number of fused-ring (bicyclic) bond motifs is 5. The van der Waals surface area contributed by atoms with Crippen LogP contribution in [0.25, 0.3) is 21.2 Å². The van der Waals surface area contributed by atoms with E-state index in [1.54, 1.807) is 19.1 Å². The van der Waals surface area contributed by atoms with E-state index in [1.807, 2.05) is 60.7 Å². The van der Waals surface area contributed by atoms with Crippen LogP contribution >= 0.6 is 11.3 Å². The van der Waals surface area contributed by atoms with Gasteiger partial charge in [-0.1, -0.05) is 24.3 Å². The number of nitrogens with one attached hydrogen (secondary N) is 2. The fourth-order valence-electron chi connectivity index (χ4n) is 5.83. The molecule has 1 atom stereocenters. The zero-order valence-electron chi connectivity index (χ0n) is 24.8. The summed E-state index contributed by atoms with van der Waals surface area (Å²) in [5.74, 6) is 1.46. The smallest absolute Gasteiger partial charge is 0.264 e. The Bertz CT molecular complexity index is 1680. The summed E-state index contributed by atoms with van der Waals surface area (Å²) in [4.78, 5) is 42.1. The van der Waals surface area contributed by atoms with Gasteiger partial charge in [0.25, 0.3) is 5.91 Å². The second kappa shape index (κ2) is 13.0. The fourth-order valence-corrected chi connectivity index (χ4v) is 6.86. The molecule has 3 aromatic carbocycles. The number of thiophene rings is 1. The zero-order valence-corrected chi connectivity index (χ0v) is 25.6. The second-order valence-electron chi connectivity index (χ2n) is 10.9. The molecular weight excluding hydrogens is 578 g/mol. The highest BCUT2D eigenvalue weighted by Gasteiger charge is 2.26. The number of aryl methyl sites for hydroxylation is 1. The summed E-state index contributed by atoms with van der Waals surface area (Å²) in [7, 11) is 3.20. The molecule has 6 rings (SSSR count). The number of hydrogen-bond donors (Lipinski definition) is 2. The Morgan fingerprint density at radius 2 is 1.82 bits per heavy atom. The van der Waals surface area contributed by atoms with Gasteiger partial charge in [0, 0.05) is 54.7 Å². The molecule has 228 valence electrons. The summed E-state index contributed by atoms with van der Waals surface area (Å²) in [6.45, 7) is 1.28. The first-order valence-electron chi connectivity index (χ1n) is 14.8. The van der Waals surface area contributed by atoms with E-state index >= 15 is 0 Å². The van der Waals surface area contributed by atoms with Gasteiger partial charge in [0.15, 0.2) is 11.5 Å². The number of hydrogen-bond acceptors (Lipinski definition) is 7. The Labute approximate surface area is 260 Å². The number of methoxy groups -OCH3 is 2. The summed E-state index contributed by atoms with van der Waals surface area (Å²) in [5.41, 5.74) is 3.52. The molecule has 4 bridgehead atoms. The second-order valence-corrected chi connectivity index (χ2v) is 12.0. The van der Waals surface area contributed by atoms with E-state index in [0.29, 0.717) is 35.8 Å². The van der Waals surface area contributed by atoms with Crippen molar-refractivity contribution in [1.29, 1.82) is 0 Å². The maximum Gasteiger partial charge on any atom is 0.264 e. The topological polar surface area (TPSA) is 106 Å². The van der Waals surface area contributed by atoms with E-state index in [2.05, 4.69) is 10.6 Å². The summed E-state index contributed by atoms with van der Waals surface area (Å²) < 4.78 is 18.4. The van der Waals surface area contributed by atoms with Crippen LogP contribution in [0.4, 0.5) is 0 Å². The maximum atomic E-state index is 13.6. The molecule has 0 saturated heterocycles. The van der Waals surface area contributed by atoms with Crippen LogP contribution in [-0.4, -0.2) is 63.1 Å². The molecule has 0 spiro atoms. The largest absolute Gasteiger partial charge is 0.493 e. The monoisotopic (exact) mass is 613 g/mol. The first-order valence-corrected chi connectivity index (χ1v) is 15.6. The quantitative estimate of drug-likeness (QED) is 0.332. The Hall–Kier alpha value is -4.57. The first kappa shape index (κ1) is 29.5. The summed E-state index contributed by atoms with van der Waals surface area (Å²) >= 11 is 1.43. The third kappa shape index (κ3) is 6.21. The van der Waals surface area contributed by atoms with Crippen molar-refractivity contribution in [2.24, 2.45) is 0 Å². The molecule has 3 heterocycles. The number of benzene rings is 3. The minimum atomic E-state index is -0.243. The van der Waals surface area contributed by atoms with Crippen molar-refractivity contribution in [3.8, 4) is 28.4 Å². The predicted octanol–water partition coefficient (Wildman–Crippen LogP) is 5.12. The van der Waals surface area contributed by atoms with E-state index in [4.69, 9.17) is 14.2 Å². The zero-order chi connectivity index (χ0) is 30.6. The Morgan fingerprint density at radius 1 is 0.955 bits per heavy atom. The fraction of sp³-hybridized carbons (Fsp3) is 0.324. The molecule has 0 radical (unpaired) electrons. The van der Waals surface area contributed by atoms with Crippen molar-refractivity contribution in [3.63, 3.8) is 0 Å². The molecule has 10 heteroatoms. The Kier molecular flexibility index (Phi) is 8.70. The lowest BCUT2D eigenvalue weighted by Crippen LogP contribution is -2.41. The average molecular weight is 614 g/mol. The molecule has 9 nitrogen and oxygen atoms in total. The highest BCUT2D eigenvalue weighted by Crippen LogP contribution is 2.42. The van der Waals surface area contributed by atoms with Crippen molar-refractivity contribution >= 4 is 39.1 Å². The Balaban J connectivity index is 1.32. The van der Waals surface area contributed by atoms with Gasteiger partial charge in [0.05, 0.1) is 31.7 Å². The van der Waals surface area contributed by atoms with E-state index in [1.165, 1.54) is 11.3 Å². The van der Waals surface area contributed by atoms with Gasteiger partial charge in [0.1, 0.15) is 5.75 Å². The van der Waals surface area contributed by atoms with Crippen molar-refractivity contribution in [3.05, 3.63) is 76.7 Å². The number of nitrogens with zero attached hydrogens (tertiary/aromatic N) is 1. The van der Waals surface area contributed by atoms with Crippen molar-refractivity contribution < 1.29 is 28.6 Å².